The second-order valence-electron chi connectivity index (χ2n) is 9.35. The Morgan fingerprint density at radius 2 is 1.85 bits per heavy atom. The van der Waals surface area contributed by atoms with E-state index < -0.39 is 0 Å². The average Bonchev–Trinajstić information content (AvgIpc) is 3.50. The van der Waals surface area contributed by atoms with Gasteiger partial charge in [-0.3, -0.25) is 9.59 Å². The van der Waals surface area contributed by atoms with Crippen LogP contribution in [0.5, 0.6) is 11.5 Å². The van der Waals surface area contributed by atoms with Gasteiger partial charge in [0.1, 0.15) is 0 Å². The number of hydrogen-bond donors (Lipinski definition) is 2. The highest BCUT2D eigenvalue weighted by Gasteiger charge is 2.42. The van der Waals surface area contributed by atoms with Crippen LogP contribution in [0, 0.1) is 17.8 Å². The molecule has 0 saturated heterocycles. The third-order valence-electron chi connectivity index (χ3n) is 7.22. The molecule has 4 unspecified atom stereocenters. The van der Waals surface area contributed by atoms with Crippen molar-refractivity contribution in [1.82, 2.24) is 10.6 Å². The van der Waals surface area contributed by atoms with Crippen LogP contribution in [-0.4, -0.2) is 37.8 Å². The van der Waals surface area contributed by atoms with Crippen LogP contribution in [0.2, 0.25) is 0 Å². The van der Waals surface area contributed by atoms with Crippen molar-refractivity contribution >= 4 is 23.6 Å². The molecule has 6 nitrogen and oxygen atoms in total. The summed E-state index contributed by atoms with van der Waals surface area (Å²) in [6, 6.07) is 13.2. The van der Waals surface area contributed by atoms with E-state index in [1.54, 1.807) is 20.3 Å². The number of methoxy groups -OCH3 is 2. The molecule has 0 aliphatic heterocycles. The first-order chi connectivity index (χ1) is 16.5. The molecule has 2 fully saturated rings. The molecule has 2 aromatic rings. The van der Waals surface area contributed by atoms with Crippen molar-refractivity contribution in [2.45, 2.75) is 50.1 Å². The topological polar surface area (TPSA) is 76.7 Å². The molecule has 0 heterocycles. The largest absolute Gasteiger partial charge is 0.493 e. The molecule has 7 heteroatoms. The van der Waals surface area contributed by atoms with Gasteiger partial charge in [-0.25, -0.2) is 0 Å². The lowest BCUT2D eigenvalue weighted by molar-refractivity contribution is -0.119. The summed E-state index contributed by atoms with van der Waals surface area (Å²) < 4.78 is 10.6. The van der Waals surface area contributed by atoms with Crippen LogP contribution < -0.4 is 20.1 Å². The van der Waals surface area contributed by atoms with E-state index in [0.29, 0.717) is 35.3 Å². The number of hydrogen-bond acceptors (Lipinski definition) is 5. The molecule has 2 aliphatic rings. The first-order valence-electron chi connectivity index (χ1n) is 12.0. The Bertz CT molecular complexity index is 1030. The van der Waals surface area contributed by atoms with Crippen LogP contribution in [0.25, 0.3) is 0 Å². The normalized spacial score (nSPS) is 21.7. The van der Waals surface area contributed by atoms with Gasteiger partial charge in [-0.1, -0.05) is 24.6 Å². The van der Waals surface area contributed by atoms with Gasteiger partial charge >= 0.3 is 0 Å². The molecular formula is C27H34N2O4S. The van der Waals surface area contributed by atoms with E-state index in [2.05, 4.69) is 17.6 Å². The number of carbonyl (C=O) groups is 2. The first-order valence-corrected chi connectivity index (χ1v) is 13.0. The highest BCUT2D eigenvalue weighted by Crippen LogP contribution is 2.49. The van der Waals surface area contributed by atoms with Crippen LogP contribution in [0.3, 0.4) is 0 Å². The minimum absolute atomic E-state index is 0.0285. The summed E-state index contributed by atoms with van der Waals surface area (Å²) in [7, 11) is 3.18. The fourth-order valence-corrected chi connectivity index (χ4v) is 6.36. The van der Waals surface area contributed by atoms with Crippen LogP contribution >= 0.6 is 11.8 Å². The Balaban J connectivity index is 1.30. The highest BCUT2D eigenvalue weighted by molar-refractivity contribution is 8.00. The summed E-state index contributed by atoms with van der Waals surface area (Å²) >= 11 is 1.41. The van der Waals surface area contributed by atoms with Gasteiger partial charge in [-0.2, -0.15) is 0 Å². The molecule has 2 saturated carbocycles. The number of fused-ring (bicyclic) bond motifs is 2. The zero-order valence-corrected chi connectivity index (χ0v) is 21.0. The number of thioether (sulfide) groups is 1. The van der Waals surface area contributed by atoms with Crippen LogP contribution in [0.15, 0.2) is 47.4 Å². The SMILES string of the molecule is COc1ccc(CNC(=O)c2ccccc2SCC(=O)NC(C)C2CC3CCC2C3)cc1OC. The molecule has 34 heavy (non-hydrogen) atoms. The Labute approximate surface area is 206 Å². The molecule has 4 atom stereocenters. The summed E-state index contributed by atoms with van der Waals surface area (Å²) in [6.07, 6.45) is 5.27. The molecule has 0 aromatic heterocycles. The van der Waals surface area contributed by atoms with E-state index in [1.165, 1.54) is 37.4 Å². The van der Waals surface area contributed by atoms with Gasteiger partial charge in [0.15, 0.2) is 11.5 Å². The maximum absolute atomic E-state index is 12.9. The lowest BCUT2D eigenvalue weighted by Crippen LogP contribution is -2.40. The summed E-state index contributed by atoms with van der Waals surface area (Å²) in [5, 5.41) is 6.18. The lowest BCUT2D eigenvalue weighted by Gasteiger charge is -2.28. The van der Waals surface area contributed by atoms with E-state index in [1.807, 2.05) is 36.4 Å². The van der Waals surface area contributed by atoms with Gasteiger partial charge in [0.05, 0.1) is 25.5 Å². The molecule has 4 rings (SSSR count). The molecule has 182 valence electrons. The van der Waals surface area contributed by atoms with Gasteiger partial charge < -0.3 is 20.1 Å². The standard InChI is InChI=1S/C27H34N2O4S/c1-17(22-13-18-8-10-20(22)12-18)29-26(30)16-34-25-7-5-4-6-21(25)27(31)28-15-19-9-11-23(32-2)24(14-19)33-3/h4-7,9,11,14,17-18,20,22H,8,10,12-13,15-16H2,1-3H3,(H,28,31)(H,29,30). The summed E-state index contributed by atoms with van der Waals surface area (Å²) in [5.41, 5.74) is 1.48. The zero-order valence-electron chi connectivity index (χ0n) is 20.1. The number of carbonyl (C=O) groups excluding carboxylic acids is 2. The van der Waals surface area contributed by atoms with E-state index >= 15 is 0 Å². The lowest BCUT2D eigenvalue weighted by atomic mass is 9.84. The summed E-state index contributed by atoms with van der Waals surface area (Å²) in [6.45, 7) is 2.50. The summed E-state index contributed by atoms with van der Waals surface area (Å²) in [5.74, 6) is 3.68. The van der Waals surface area contributed by atoms with Crippen molar-refractivity contribution in [3.8, 4) is 11.5 Å². The quantitative estimate of drug-likeness (QED) is 0.482. The van der Waals surface area contributed by atoms with E-state index in [4.69, 9.17) is 9.47 Å². The molecular weight excluding hydrogens is 448 g/mol. The smallest absolute Gasteiger partial charge is 0.252 e. The molecule has 2 N–H and O–H groups in total. The predicted octanol–water partition coefficient (Wildman–Crippen LogP) is 4.67. The minimum atomic E-state index is -0.173. The first kappa shape index (κ1) is 24.5. The monoisotopic (exact) mass is 482 g/mol. The van der Waals surface area contributed by atoms with Crippen LogP contribution in [0.4, 0.5) is 0 Å². The molecule has 2 amide bonds. The third-order valence-corrected chi connectivity index (χ3v) is 8.29. The number of rotatable bonds is 10. The fourth-order valence-electron chi connectivity index (χ4n) is 5.50. The Hall–Kier alpha value is -2.67. The van der Waals surface area contributed by atoms with Gasteiger partial charge in [0.25, 0.3) is 5.91 Å². The van der Waals surface area contributed by atoms with E-state index in [-0.39, 0.29) is 17.9 Å². The highest BCUT2D eigenvalue weighted by atomic mass is 32.2. The van der Waals surface area contributed by atoms with Crippen molar-refractivity contribution in [2.24, 2.45) is 17.8 Å². The molecule has 0 spiro atoms. The zero-order chi connectivity index (χ0) is 24.1. The second kappa shape index (κ2) is 11.2. The van der Waals surface area contributed by atoms with Crippen molar-refractivity contribution in [3.63, 3.8) is 0 Å². The van der Waals surface area contributed by atoms with Gasteiger partial charge in [0, 0.05) is 17.5 Å². The van der Waals surface area contributed by atoms with Gasteiger partial charge in [-0.15, -0.1) is 11.8 Å². The predicted molar refractivity (Wildman–Crippen MR) is 134 cm³/mol. The average molecular weight is 483 g/mol. The summed E-state index contributed by atoms with van der Waals surface area (Å²) in [4.78, 5) is 26.3. The van der Waals surface area contributed by atoms with E-state index in [0.717, 1.165) is 22.3 Å². The van der Waals surface area contributed by atoms with Crippen molar-refractivity contribution in [1.29, 1.82) is 0 Å². The maximum atomic E-state index is 12.9. The van der Waals surface area contributed by atoms with Crippen LogP contribution in [-0.2, 0) is 11.3 Å². The molecule has 2 aliphatic carbocycles. The van der Waals surface area contributed by atoms with Gasteiger partial charge in [0.2, 0.25) is 5.91 Å². The van der Waals surface area contributed by atoms with E-state index in [9.17, 15) is 9.59 Å². The maximum Gasteiger partial charge on any atom is 0.252 e. The minimum Gasteiger partial charge on any atom is -0.493 e. The van der Waals surface area contributed by atoms with Crippen LogP contribution in [0.1, 0.15) is 48.5 Å². The molecule has 2 aromatic carbocycles. The van der Waals surface area contributed by atoms with Crippen molar-refractivity contribution in [3.05, 3.63) is 53.6 Å². The molecule has 0 radical (unpaired) electrons. The second-order valence-corrected chi connectivity index (χ2v) is 10.4. The number of ether oxygens (including phenoxy) is 2. The number of benzene rings is 2. The number of amides is 2. The Morgan fingerprint density at radius 1 is 1.06 bits per heavy atom. The Morgan fingerprint density at radius 3 is 2.56 bits per heavy atom. The third kappa shape index (κ3) is 5.69. The van der Waals surface area contributed by atoms with Gasteiger partial charge in [-0.05, 0) is 73.8 Å². The Kier molecular flexibility index (Phi) is 8.03. The number of nitrogens with one attached hydrogen (secondary N) is 2. The van der Waals surface area contributed by atoms with Crippen molar-refractivity contribution in [2.75, 3.05) is 20.0 Å². The fraction of sp³-hybridized carbons (Fsp3) is 0.481. The van der Waals surface area contributed by atoms with Crippen molar-refractivity contribution < 1.29 is 19.1 Å². The molecule has 2 bridgehead atoms.